The first-order chi connectivity index (χ1) is 15.1. The summed E-state index contributed by atoms with van der Waals surface area (Å²) in [6.45, 7) is 1.62. The van der Waals surface area contributed by atoms with Gasteiger partial charge in [0.05, 0.1) is 18.2 Å². The Hall–Kier alpha value is -3.09. The van der Waals surface area contributed by atoms with E-state index in [0.29, 0.717) is 30.9 Å². The highest BCUT2D eigenvalue weighted by molar-refractivity contribution is 5.94. The van der Waals surface area contributed by atoms with Crippen LogP contribution in [0.2, 0.25) is 0 Å². The van der Waals surface area contributed by atoms with Crippen LogP contribution in [0.25, 0.3) is 0 Å². The summed E-state index contributed by atoms with van der Waals surface area (Å²) in [4.78, 5) is 21.6. The van der Waals surface area contributed by atoms with Crippen molar-refractivity contribution in [2.45, 2.75) is 24.0 Å². The zero-order valence-corrected chi connectivity index (χ0v) is 17.1. The molecule has 2 atom stereocenters. The van der Waals surface area contributed by atoms with E-state index in [1.54, 1.807) is 36.5 Å². The lowest BCUT2D eigenvalue weighted by Crippen LogP contribution is -2.85. The number of halogens is 1. The summed E-state index contributed by atoms with van der Waals surface area (Å²) in [5.74, 6) is -0.369. The zero-order chi connectivity index (χ0) is 21.4. The Morgan fingerprint density at radius 2 is 1.74 bits per heavy atom. The number of benzene rings is 2. The van der Waals surface area contributed by atoms with Gasteiger partial charge >= 0.3 is 0 Å². The number of aliphatic hydroxyl groups excluding tert-OH is 1. The van der Waals surface area contributed by atoms with Gasteiger partial charge in [-0.2, -0.15) is 0 Å². The van der Waals surface area contributed by atoms with Crippen molar-refractivity contribution < 1.29 is 14.3 Å². The van der Waals surface area contributed by atoms with Crippen molar-refractivity contribution >= 4 is 5.91 Å². The third kappa shape index (κ3) is 3.23. The van der Waals surface area contributed by atoms with E-state index in [2.05, 4.69) is 22.0 Å². The third-order valence-corrected chi connectivity index (χ3v) is 6.57. The Kier molecular flexibility index (Phi) is 5.04. The van der Waals surface area contributed by atoms with E-state index in [-0.39, 0.29) is 30.3 Å². The molecule has 0 bridgehead atoms. The second-order valence-corrected chi connectivity index (χ2v) is 8.37. The summed E-state index contributed by atoms with van der Waals surface area (Å²) in [6.07, 6.45) is 1.60. The molecule has 2 aromatic carbocycles. The van der Waals surface area contributed by atoms with Crippen LogP contribution in [0.4, 0.5) is 4.39 Å². The van der Waals surface area contributed by atoms with Gasteiger partial charge in [-0.05, 0) is 23.8 Å². The third-order valence-electron chi connectivity index (χ3n) is 6.57. The zero-order valence-electron chi connectivity index (χ0n) is 17.1. The van der Waals surface area contributed by atoms with Crippen molar-refractivity contribution in [2.75, 3.05) is 19.7 Å². The highest BCUT2D eigenvalue weighted by Crippen LogP contribution is 2.54. The number of aliphatic hydroxyl groups is 1. The Bertz CT molecular complexity index is 1070. The molecule has 3 aromatic rings. The molecule has 2 saturated heterocycles. The van der Waals surface area contributed by atoms with Gasteiger partial charge in [-0.1, -0.05) is 54.6 Å². The molecule has 158 valence electrons. The summed E-state index contributed by atoms with van der Waals surface area (Å²) in [7, 11) is 0. The molecule has 31 heavy (non-hydrogen) atoms. The van der Waals surface area contributed by atoms with Crippen LogP contribution in [0.5, 0.6) is 0 Å². The first-order valence-corrected chi connectivity index (χ1v) is 10.5. The van der Waals surface area contributed by atoms with Crippen molar-refractivity contribution in [1.29, 1.82) is 0 Å². The second-order valence-electron chi connectivity index (χ2n) is 8.37. The molecule has 0 aliphatic carbocycles. The molecule has 1 aromatic heterocycles. The molecule has 2 aliphatic heterocycles. The second kappa shape index (κ2) is 7.87. The fourth-order valence-electron chi connectivity index (χ4n) is 5.31. The van der Waals surface area contributed by atoms with Gasteiger partial charge in [0, 0.05) is 37.3 Å². The maximum atomic E-state index is 14.2. The highest BCUT2D eigenvalue weighted by atomic mass is 19.1. The van der Waals surface area contributed by atoms with E-state index in [0.717, 1.165) is 5.56 Å². The lowest BCUT2D eigenvalue weighted by Gasteiger charge is -2.70. The number of hydrogen-bond donors (Lipinski definition) is 1. The van der Waals surface area contributed by atoms with Gasteiger partial charge in [0.25, 0.3) is 5.91 Å². The number of hydrogen-bond acceptors (Lipinski definition) is 4. The van der Waals surface area contributed by atoms with E-state index >= 15 is 0 Å². The van der Waals surface area contributed by atoms with Crippen molar-refractivity contribution in [3.63, 3.8) is 0 Å². The Labute approximate surface area is 180 Å². The Morgan fingerprint density at radius 1 is 1.03 bits per heavy atom. The van der Waals surface area contributed by atoms with Crippen molar-refractivity contribution in [3.05, 3.63) is 102 Å². The number of carbonyl (C=O) groups is 1. The molecule has 1 N–H and O–H groups in total. The number of rotatable bonds is 5. The molecule has 0 saturated carbocycles. The molecular formula is C25H24FN3O2. The SMILES string of the molecule is O=C(c1ccccn1)N1[C@@H](CO)[C@@H](c2ccccc2)C12CN(Cc1ccccc1F)C2. The predicted molar refractivity (Wildman–Crippen MR) is 115 cm³/mol. The maximum Gasteiger partial charge on any atom is 0.273 e. The molecule has 0 unspecified atom stereocenters. The molecule has 5 rings (SSSR count). The van der Waals surface area contributed by atoms with E-state index in [1.807, 2.05) is 29.2 Å². The summed E-state index contributed by atoms with van der Waals surface area (Å²) < 4.78 is 14.2. The average molecular weight is 417 g/mol. The number of pyridine rings is 1. The maximum absolute atomic E-state index is 14.2. The van der Waals surface area contributed by atoms with Crippen LogP contribution in [-0.4, -0.2) is 57.1 Å². The minimum Gasteiger partial charge on any atom is -0.394 e. The standard InChI is InChI=1S/C25H24FN3O2/c26-20-11-5-4-10-19(20)14-28-16-25(17-28)23(18-8-2-1-3-9-18)22(15-30)29(25)24(31)21-12-6-7-13-27-21/h1-13,22-23,30H,14-17H2/t22-,23+/m0/s1. The average Bonchev–Trinajstić information content (AvgIpc) is 2.77. The van der Waals surface area contributed by atoms with Crippen LogP contribution in [0, 0.1) is 5.82 Å². The summed E-state index contributed by atoms with van der Waals surface area (Å²) in [5.41, 5.74) is 1.69. The van der Waals surface area contributed by atoms with Crippen LogP contribution in [0.15, 0.2) is 79.0 Å². The predicted octanol–water partition coefficient (Wildman–Crippen LogP) is 3.08. The van der Waals surface area contributed by atoms with Gasteiger partial charge < -0.3 is 10.0 Å². The van der Waals surface area contributed by atoms with E-state index in [9.17, 15) is 14.3 Å². The van der Waals surface area contributed by atoms with Gasteiger partial charge in [0.15, 0.2) is 0 Å². The molecule has 0 radical (unpaired) electrons. The normalized spacial score (nSPS) is 22.1. The molecule has 1 spiro atoms. The van der Waals surface area contributed by atoms with Crippen LogP contribution < -0.4 is 0 Å². The fourth-order valence-corrected chi connectivity index (χ4v) is 5.31. The molecular weight excluding hydrogens is 393 g/mol. The topological polar surface area (TPSA) is 56.7 Å². The van der Waals surface area contributed by atoms with Gasteiger partial charge in [-0.15, -0.1) is 0 Å². The monoisotopic (exact) mass is 417 g/mol. The van der Waals surface area contributed by atoms with Gasteiger partial charge in [0.2, 0.25) is 0 Å². The van der Waals surface area contributed by atoms with E-state index < -0.39 is 5.54 Å². The molecule has 3 heterocycles. The van der Waals surface area contributed by atoms with Crippen molar-refractivity contribution in [3.8, 4) is 0 Å². The van der Waals surface area contributed by atoms with E-state index in [1.165, 1.54) is 6.07 Å². The fraction of sp³-hybridized carbons (Fsp3) is 0.280. The Balaban J connectivity index is 1.45. The number of nitrogens with zero attached hydrogens (tertiary/aromatic N) is 3. The summed E-state index contributed by atoms with van der Waals surface area (Å²) in [5, 5.41) is 10.2. The number of carbonyl (C=O) groups excluding carboxylic acids is 1. The van der Waals surface area contributed by atoms with Gasteiger partial charge in [-0.3, -0.25) is 14.7 Å². The molecule has 6 heteroatoms. The van der Waals surface area contributed by atoms with Crippen molar-refractivity contribution in [2.24, 2.45) is 0 Å². The Morgan fingerprint density at radius 3 is 2.42 bits per heavy atom. The minimum atomic E-state index is -0.436. The van der Waals surface area contributed by atoms with Crippen LogP contribution in [-0.2, 0) is 6.54 Å². The summed E-state index contributed by atoms with van der Waals surface area (Å²) >= 11 is 0. The number of likely N-dealkylation sites (tertiary alicyclic amines) is 2. The minimum absolute atomic E-state index is 0.0169. The molecule has 1 amide bonds. The van der Waals surface area contributed by atoms with Crippen LogP contribution in [0.3, 0.4) is 0 Å². The highest BCUT2D eigenvalue weighted by Gasteiger charge is 2.67. The molecule has 2 aliphatic rings. The molecule has 2 fully saturated rings. The first-order valence-electron chi connectivity index (χ1n) is 10.5. The van der Waals surface area contributed by atoms with Gasteiger partial charge in [-0.25, -0.2) is 4.39 Å². The van der Waals surface area contributed by atoms with Crippen LogP contribution >= 0.6 is 0 Å². The summed E-state index contributed by atoms with van der Waals surface area (Å²) in [6, 6.07) is 21.8. The van der Waals surface area contributed by atoms with Crippen molar-refractivity contribution in [1.82, 2.24) is 14.8 Å². The first kappa shape index (κ1) is 19.8. The largest absolute Gasteiger partial charge is 0.394 e. The number of amides is 1. The lowest BCUT2D eigenvalue weighted by molar-refractivity contribution is -0.166. The lowest BCUT2D eigenvalue weighted by atomic mass is 9.60. The number of aromatic nitrogens is 1. The van der Waals surface area contributed by atoms with Gasteiger partial charge in [0.1, 0.15) is 11.5 Å². The smallest absolute Gasteiger partial charge is 0.273 e. The van der Waals surface area contributed by atoms with E-state index in [4.69, 9.17) is 0 Å². The molecule has 5 nitrogen and oxygen atoms in total. The quantitative estimate of drug-likeness (QED) is 0.693. The van der Waals surface area contributed by atoms with Crippen LogP contribution in [0.1, 0.15) is 27.5 Å².